The molecule has 1 rings (SSSR count). The number of nitrogens with one attached hydrogen (secondary N) is 1. The van der Waals surface area contributed by atoms with E-state index in [9.17, 15) is 0 Å². The fourth-order valence-electron chi connectivity index (χ4n) is 1.88. The molecule has 1 aromatic carbocycles. The minimum atomic E-state index is -0.314. The molecular weight excluding hydrogens is 236 g/mol. The van der Waals surface area contributed by atoms with Gasteiger partial charge in [-0.15, -0.1) is 0 Å². The first-order valence-corrected chi connectivity index (χ1v) is 6.22. The summed E-state index contributed by atoms with van der Waals surface area (Å²) < 4.78 is 5.71. The lowest BCUT2D eigenvalue weighted by Crippen LogP contribution is -2.52. The highest BCUT2D eigenvalue weighted by Gasteiger charge is 2.29. The van der Waals surface area contributed by atoms with E-state index in [1.165, 1.54) is 0 Å². The number of ether oxygens (including phenoxy) is 1. The normalized spacial score (nSPS) is 13.7. The molecule has 1 atom stereocenters. The highest BCUT2D eigenvalue weighted by molar-refractivity contribution is 6.30. The van der Waals surface area contributed by atoms with Crippen LogP contribution in [-0.4, -0.2) is 18.2 Å². The van der Waals surface area contributed by atoms with Crippen LogP contribution in [0, 0.1) is 0 Å². The number of hydrogen-bond acceptors (Lipinski definition) is 3. The van der Waals surface area contributed by atoms with Crippen molar-refractivity contribution in [1.29, 1.82) is 0 Å². The fraction of sp³-hybridized carbons (Fsp3) is 0.538. The Labute approximate surface area is 108 Å². The highest BCUT2D eigenvalue weighted by Crippen LogP contribution is 2.20. The molecule has 0 aliphatic rings. The van der Waals surface area contributed by atoms with Crippen molar-refractivity contribution >= 4 is 11.6 Å². The first-order valence-electron chi connectivity index (χ1n) is 5.84. The summed E-state index contributed by atoms with van der Waals surface area (Å²) >= 11 is 5.96. The van der Waals surface area contributed by atoms with E-state index in [0.29, 0.717) is 6.61 Å². The Balaban J connectivity index is 2.76. The zero-order valence-corrected chi connectivity index (χ0v) is 11.4. The van der Waals surface area contributed by atoms with Crippen LogP contribution in [0.25, 0.3) is 0 Å². The quantitative estimate of drug-likeness (QED) is 0.607. The van der Waals surface area contributed by atoms with Crippen LogP contribution < -0.4 is 11.3 Å². The molecule has 0 aliphatic carbocycles. The fourth-order valence-corrected chi connectivity index (χ4v) is 2.09. The number of hydrazine groups is 1. The third-order valence-corrected chi connectivity index (χ3v) is 3.12. The smallest absolute Gasteiger partial charge is 0.0795 e. The van der Waals surface area contributed by atoms with Crippen molar-refractivity contribution in [3.63, 3.8) is 0 Å². The Morgan fingerprint density at radius 1 is 1.47 bits per heavy atom. The highest BCUT2D eigenvalue weighted by atomic mass is 35.5. The van der Waals surface area contributed by atoms with Crippen molar-refractivity contribution < 1.29 is 4.74 Å². The molecule has 1 unspecified atom stereocenters. The van der Waals surface area contributed by atoms with Crippen molar-refractivity contribution in [3.05, 3.63) is 34.9 Å². The molecule has 0 aromatic heterocycles. The molecule has 0 saturated heterocycles. The number of nitrogens with two attached hydrogens (primary N) is 1. The number of rotatable bonds is 6. The second-order valence-electron chi connectivity index (χ2n) is 4.59. The van der Waals surface area contributed by atoms with Crippen molar-refractivity contribution in [3.8, 4) is 0 Å². The van der Waals surface area contributed by atoms with Gasteiger partial charge < -0.3 is 4.74 Å². The summed E-state index contributed by atoms with van der Waals surface area (Å²) in [6.07, 6.45) is 0.782. The van der Waals surface area contributed by atoms with Gasteiger partial charge in [-0.25, -0.2) is 0 Å². The van der Waals surface area contributed by atoms with Crippen LogP contribution in [0.3, 0.4) is 0 Å². The first kappa shape index (κ1) is 14.5. The van der Waals surface area contributed by atoms with Crippen LogP contribution >= 0.6 is 11.6 Å². The Hall–Kier alpha value is -0.610. The van der Waals surface area contributed by atoms with Gasteiger partial charge in [-0.2, -0.15) is 0 Å². The summed E-state index contributed by atoms with van der Waals surface area (Å²) in [4.78, 5) is 0. The third-order valence-electron chi connectivity index (χ3n) is 2.89. The third kappa shape index (κ3) is 4.28. The minimum Gasteiger partial charge on any atom is -0.374 e. The molecule has 0 saturated carbocycles. The Morgan fingerprint density at radius 3 is 2.71 bits per heavy atom. The zero-order chi connectivity index (χ0) is 12.9. The number of hydrogen-bond donors (Lipinski definition) is 2. The monoisotopic (exact) mass is 256 g/mol. The Bertz CT molecular complexity index is 355. The van der Waals surface area contributed by atoms with E-state index < -0.39 is 0 Å². The Kier molecular flexibility index (Phi) is 5.40. The predicted molar refractivity (Wildman–Crippen MR) is 72.0 cm³/mol. The molecule has 0 heterocycles. The van der Waals surface area contributed by atoms with Crippen LogP contribution in [0.5, 0.6) is 0 Å². The van der Waals surface area contributed by atoms with E-state index in [1.807, 2.05) is 45.0 Å². The average Bonchev–Trinajstić information content (AvgIpc) is 2.25. The lowest BCUT2D eigenvalue weighted by molar-refractivity contribution is -0.0380. The molecule has 4 heteroatoms. The average molecular weight is 257 g/mol. The van der Waals surface area contributed by atoms with Gasteiger partial charge in [-0.1, -0.05) is 23.7 Å². The van der Waals surface area contributed by atoms with E-state index in [0.717, 1.165) is 17.0 Å². The van der Waals surface area contributed by atoms with Gasteiger partial charge in [0.25, 0.3) is 0 Å². The summed E-state index contributed by atoms with van der Waals surface area (Å²) in [7, 11) is 0. The first-order chi connectivity index (χ1) is 7.99. The molecular formula is C13H21ClN2O. The molecule has 96 valence electrons. The van der Waals surface area contributed by atoms with Crippen LogP contribution in [0.4, 0.5) is 0 Å². The molecule has 17 heavy (non-hydrogen) atoms. The zero-order valence-electron chi connectivity index (χ0n) is 10.7. The van der Waals surface area contributed by atoms with E-state index in [1.54, 1.807) is 0 Å². The van der Waals surface area contributed by atoms with Crippen LogP contribution in [0.1, 0.15) is 26.3 Å². The predicted octanol–water partition coefficient (Wildman–Crippen LogP) is 2.53. The lowest BCUT2D eigenvalue weighted by Gasteiger charge is -2.33. The molecule has 0 aliphatic heterocycles. The van der Waals surface area contributed by atoms with Gasteiger partial charge in [-0.05, 0) is 44.9 Å². The van der Waals surface area contributed by atoms with Crippen LogP contribution in [0.2, 0.25) is 5.02 Å². The van der Waals surface area contributed by atoms with Gasteiger partial charge in [0, 0.05) is 11.6 Å². The maximum Gasteiger partial charge on any atom is 0.0795 e. The van der Waals surface area contributed by atoms with Gasteiger partial charge in [0.2, 0.25) is 0 Å². The summed E-state index contributed by atoms with van der Waals surface area (Å²) in [5.41, 5.74) is 3.66. The van der Waals surface area contributed by atoms with Gasteiger partial charge in [-0.3, -0.25) is 11.3 Å². The maximum absolute atomic E-state index is 5.96. The SMILES string of the molecule is CCOC(C)(C)C(Cc1cccc(Cl)c1)NN. The molecule has 3 N–H and O–H groups in total. The van der Waals surface area contributed by atoms with E-state index in [4.69, 9.17) is 22.2 Å². The standard InChI is InChI=1S/C13H21ClN2O/c1-4-17-13(2,3)12(16-15)9-10-6-5-7-11(14)8-10/h5-8,12,16H,4,9,15H2,1-3H3. The summed E-state index contributed by atoms with van der Waals surface area (Å²) in [6, 6.07) is 7.84. The second-order valence-corrected chi connectivity index (χ2v) is 5.03. The van der Waals surface area contributed by atoms with E-state index in [2.05, 4.69) is 5.43 Å². The van der Waals surface area contributed by atoms with Crippen molar-refractivity contribution in [1.82, 2.24) is 5.43 Å². The van der Waals surface area contributed by atoms with E-state index >= 15 is 0 Å². The maximum atomic E-state index is 5.96. The van der Waals surface area contributed by atoms with Crippen LogP contribution in [-0.2, 0) is 11.2 Å². The molecule has 0 radical (unpaired) electrons. The topological polar surface area (TPSA) is 47.3 Å². The van der Waals surface area contributed by atoms with Gasteiger partial charge in [0.15, 0.2) is 0 Å². The molecule has 0 bridgehead atoms. The number of benzene rings is 1. The summed E-state index contributed by atoms with van der Waals surface area (Å²) in [5, 5.41) is 0.743. The van der Waals surface area contributed by atoms with Crippen LogP contribution in [0.15, 0.2) is 24.3 Å². The summed E-state index contributed by atoms with van der Waals surface area (Å²) in [6.45, 7) is 6.71. The number of halogens is 1. The van der Waals surface area contributed by atoms with Crippen molar-refractivity contribution in [2.45, 2.75) is 38.8 Å². The van der Waals surface area contributed by atoms with E-state index in [-0.39, 0.29) is 11.6 Å². The summed E-state index contributed by atoms with van der Waals surface area (Å²) in [5.74, 6) is 5.61. The van der Waals surface area contributed by atoms with Gasteiger partial charge in [0.1, 0.15) is 0 Å². The van der Waals surface area contributed by atoms with Gasteiger partial charge >= 0.3 is 0 Å². The molecule has 0 amide bonds. The van der Waals surface area contributed by atoms with Gasteiger partial charge in [0.05, 0.1) is 11.6 Å². The largest absolute Gasteiger partial charge is 0.374 e. The molecule has 1 aromatic rings. The Morgan fingerprint density at radius 2 is 2.18 bits per heavy atom. The molecule has 0 spiro atoms. The lowest BCUT2D eigenvalue weighted by atomic mass is 9.92. The van der Waals surface area contributed by atoms with Crippen molar-refractivity contribution in [2.75, 3.05) is 6.61 Å². The van der Waals surface area contributed by atoms with Crippen molar-refractivity contribution in [2.24, 2.45) is 5.84 Å². The second kappa shape index (κ2) is 6.36. The molecule has 3 nitrogen and oxygen atoms in total. The molecule has 0 fully saturated rings. The minimum absolute atomic E-state index is 0.0425.